The van der Waals surface area contributed by atoms with E-state index in [0.29, 0.717) is 5.92 Å². The molecule has 3 aliphatic rings. The molecule has 0 bridgehead atoms. The second kappa shape index (κ2) is 4.62. The molecule has 0 saturated carbocycles. The van der Waals surface area contributed by atoms with Crippen molar-refractivity contribution in [3.63, 3.8) is 0 Å². The van der Waals surface area contributed by atoms with E-state index in [-0.39, 0.29) is 5.41 Å². The van der Waals surface area contributed by atoms with Gasteiger partial charge < -0.3 is 4.98 Å². The van der Waals surface area contributed by atoms with Gasteiger partial charge in [-0.1, -0.05) is 55.9 Å². The largest absolute Gasteiger partial charge is 0.358 e. The molecule has 0 spiro atoms. The predicted octanol–water partition coefficient (Wildman–Crippen LogP) is 5.40. The Morgan fingerprint density at radius 1 is 1.14 bits per heavy atom. The lowest BCUT2D eigenvalue weighted by Crippen LogP contribution is -2.17. The van der Waals surface area contributed by atoms with Crippen LogP contribution in [0.4, 0.5) is 0 Å². The molecule has 1 aromatic heterocycles. The number of aromatic amines is 1. The van der Waals surface area contributed by atoms with E-state index in [0.717, 1.165) is 6.42 Å². The van der Waals surface area contributed by atoms with Crippen molar-refractivity contribution in [2.24, 2.45) is 0 Å². The van der Waals surface area contributed by atoms with Crippen molar-refractivity contribution in [2.45, 2.75) is 50.9 Å². The predicted molar refractivity (Wildman–Crippen MR) is 89.4 cm³/mol. The number of nitrogens with one attached hydrogen (secondary N) is 1. The van der Waals surface area contributed by atoms with E-state index in [4.69, 9.17) is 0 Å². The van der Waals surface area contributed by atoms with Gasteiger partial charge in [0.1, 0.15) is 0 Å². The minimum Gasteiger partial charge on any atom is -0.358 e. The third kappa shape index (κ3) is 1.91. The summed E-state index contributed by atoms with van der Waals surface area (Å²) in [6, 6.07) is 2.42. The van der Waals surface area contributed by atoms with Crippen molar-refractivity contribution in [1.82, 2.24) is 4.98 Å². The van der Waals surface area contributed by atoms with E-state index in [1.54, 1.807) is 5.57 Å². The van der Waals surface area contributed by atoms with Crippen LogP contribution >= 0.6 is 0 Å². The fourth-order valence-electron chi connectivity index (χ4n) is 4.14. The zero-order chi connectivity index (χ0) is 14.4. The normalized spacial score (nSPS) is 25.9. The van der Waals surface area contributed by atoms with Gasteiger partial charge in [0, 0.05) is 22.7 Å². The molecule has 1 heterocycles. The number of aromatic nitrogens is 1. The van der Waals surface area contributed by atoms with E-state index in [1.807, 2.05) is 0 Å². The molecule has 1 atom stereocenters. The Morgan fingerprint density at radius 2 is 2.00 bits per heavy atom. The quantitative estimate of drug-likeness (QED) is 0.707. The van der Waals surface area contributed by atoms with Crippen LogP contribution in [0.25, 0.3) is 5.57 Å². The van der Waals surface area contributed by atoms with E-state index < -0.39 is 0 Å². The first-order valence-corrected chi connectivity index (χ1v) is 8.14. The van der Waals surface area contributed by atoms with Crippen molar-refractivity contribution in [3.05, 3.63) is 65.0 Å². The summed E-state index contributed by atoms with van der Waals surface area (Å²) in [6.07, 6.45) is 18.4. The number of H-pyrrole nitrogens is 1. The van der Waals surface area contributed by atoms with Crippen molar-refractivity contribution in [3.8, 4) is 0 Å². The lowest BCUT2D eigenvalue weighted by Gasteiger charge is -2.25. The Kier molecular flexibility index (Phi) is 2.85. The van der Waals surface area contributed by atoms with Gasteiger partial charge in [0.05, 0.1) is 0 Å². The monoisotopic (exact) mass is 277 g/mol. The summed E-state index contributed by atoms with van der Waals surface area (Å²) in [6.45, 7) is 4.74. The third-order valence-electron chi connectivity index (χ3n) is 5.35. The van der Waals surface area contributed by atoms with Crippen molar-refractivity contribution in [1.29, 1.82) is 0 Å². The lowest BCUT2D eigenvalue weighted by atomic mass is 9.78. The molecule has 3 aliphatic carbocycles. The van der Waals surface area contributed by atoms with Crippen LogP contribution in [0.1, 0.15) is 62.4 Å². The molecular weight excluding hydrogens is 254 g/mol. The topological polar surface area (TPSA) is 15.8 Å². The van der Waals surface area contributed by atoms with Crippen LogP contribution in [0.15, 0.2) is 48.1 Å². The van der Waals surface area contributed by atoms with Crippen LogP contribution in [0.3, 0.4) is 0 Å². The average molecular weight is 277 g/mol. The van der Waals surface area contributed by atoms with Gasteiger partial charge in [-0.2, -0.15) is 0 Å². The van der Waals surface area contributed by atoms with Gasteiger partial charge in [0.2, 0.25) is 0 Å². The van der Waals surface area contributed by atoms with Crippen molar-refractivity contribution in [2.75, 3.05) is 0 Å². The SMILES string of the molecule is CC1(C)C2=CC=CCC2c2[nH]c(C3=CC=CCCC3)cc21. The fourth-order valence-corrected chi connectivity index (χ4v) is 4.14. The molecule has 0 fully saturated rings. The highest BCUT2D eigenvalue weighted by molar-refractivity contribution is 5.69. The molecule has 1 nitrogen and oxygen atoms in total. The van der Waals surface area contributed by atoms with Crippen LogP contribution in [0.2, 0.25) is 0 Å². The molecule has 1 heteroatoms. The maximum Gasteiger partial charge on any atom is 0.0418 e. The highest BCUT2D eigenvalue weighted by Crippen LogP contribution is 2.53. The van der Waals surface area contributed by atoms with Crippen LogP contribution < -0.4 is 0 Å². The Hall–Kier alpha value is -1.76. The molecule has 0 saturated heterocycles. The van der Waals surface area contributed by atoms with Crippen LogP contribution in [-0.2, 0) is 5.41 Å². The molecule has 0 aliphatic heterocycles. The maximum atomic E-state index is 3.77. The highest BCUT2D eigenvalue weighted by atomic mass is 14.8. The van der Waals surface area contributed by atoms with Gasteiger partial charge in [-0.05, 0) is 42.9 Å². The highest BCUT2D eigenvalue weighted by Gasteiger charge is 2.43. The molecule has 1 N–H and O–H groups in total. The van der Waals surface area contributed by atoms with Crippen LogP contribution in [0, 0.1) is 0 Å². The molecule has 4 rings (SSSR count). The Morgan fingerprint density at radius 3 is 2.90 bits per heavy atom. The zero-order valence-corrected chi connectivity index (χ0v) is 12.9. The van der Waals surface area contributed by atoms with E-state index in [2.05, 4.69) is 61.4 Å². The van der Waals surface area contributed by atoms with Gasteiger partial charge in [0.25, 0.3) is 0 Å². The molecule has 0 aromatic carbocycles. The minimum absolute atomic E-state index is 0.167. The van der Waals surface area contributed by atoms with E-state index in [9.17, 15) is 0 Å². The van der Waals surface area contributed by atoms with Gasteiger partial charge in [-0.25, -0.2) is 0 Å². The summed E-state index contributed by atoms with van der Waals surface area (Å²) < 4.78 is 0. The van der Waals surface area contributed by atoms with Crippen molar-refractivity contribution >= 4 is 5.57 Å². The van der Waals surface area contributed by atoms with E-state index in [1.165, 1.54) is 41.8 Å². The molecule has 21 heavy (non-hydrogen) atoms. The second-order valence-corrected chi connectivity index (χ2v) is 6.99. The summed E-state index contributed by atoms with van der Waals surface area (Å²) in [7, 11) is 0. The number of rotatable bonds is 1. The Labute approximate surface area is 127 Å². The standard InChI is InChI=1S/C20H23N/c1-20(2)16-12-8-7-11-15(16)19-17(20)13-18(21-19)14-9-5-3-4-6-10-14/h3,5,7-9,12-13,15,21H,4,6,10-11H2,1-2H3. The number of hydrogen-bond acceptors (Lipinski definition) is 0. The van der Waals surface area contributed by atoms with Gasteiger partial charge >= 0.3 is 0 Å². The maximum absolute atomic E-state index is 3.77. The molecule has 1 unspecified atom stereocenters. The second-order valence-electron chi connectivity index (χ2n) is 6.99. The summed E-state index contributed by atoms with van der Waals surface area (Å²) in [5, 5.41) is 0. The first kappa shape index (κ1) is 12.9. The molecule has 108 valence electrons. The molecular formula is C20H23N. The van der Waals surface area contributed by atoms with Gasteiger partial charge in [0.15, 0.2) is 0 Å². The lowest BCUT2D eigenvalue weighted by molar-refractivity contribution is 0.610. The summed E-state index contributed by atoms with van der Waals surface area (Å²) in [4.78, 5) is 3.77. The van der Waals surface area contributed by atoms with Crippen LogP contribution in [-0.4, -0.2) is 4.98 Å². The minimum atomic E-state index is 0.167. The zero-order valence-electron chi connectivity index (χ0n) is 12.9. The molecule has 0 radical (unpaired) electrons. The Bertz CT molecular complexity index is 691. The first-order valence-electron chi connectivity index (χ1n) is 8.14. The number of fused-ring (bicyclic) bond motifs is 3. The van der Waals surface area contributed by atoms with E-state index >= 15 is 0 Å². The fraction of sp³-hybridized carbons (Fsp3) is 0.400. The number of allylic oxidation sites excluding steroid dienone is 8. The average Bonchev–Trinajstić information content (AvgIpc) is 2.87. The summed E-state index contributed by atoms with van der Waals surface area (Å²) >= 11 is 0. The van der Waals surface area contributed by atoms with Gasteiger partial charge in [-0.15, -0.1) is 0 Å². The summed E-state index contributed by atoms with van der Waals surface area (Å²) in [5.74, 6) is 0.565. The first-order chi connectivity index (χ1) is 10.2. The van der Waals surface area contributed by atoms with Crippen LogP contribution in [0.5, 0.6) is 0 Å². The third-order valence-corrected chi connectivity index (χ3v) is 5.35. The summed E-state index contributed by atoms with van der Waals surface area (Å²) in [5.41, 5.74) is 7.51. The van der Waals surface area contributed by atoms with Gasteiger partial charge in [-0.3, -0.25) is 0 Å². The smallest absolute Gasteiger partial charge is 0.0418 e. The molecule has 0 amide bonds. The Balaban J connectivity index is 1.78. The number of hydrogen-bond donors (Lipinski definition) is 1. The van der Waals surface area contributed by atoms with Crippen molar-refractivity contribution < 1.29 is 0 Å². The molecule has 1 aromatic rings.